The van der Waals surface area contributed by atoms with Gasteiger partial charge in [0, 0.05) is 39.7 Å². The van der Waals surface area contributed by atoms with Crippen LogP contribution >= 0.6 is 46.3 Å². The Bertz CT molecular complexity index is 1520. The molecule has 1 aliphatic heterocycles. The molecule has 0 fully saturated rings. The monoisotopic (exact) mass is 594 g/mol. The maximum Gasteiger partial charge on any atom is 0.265 e. The average Bonchev–Trinajstić information content (AvgIpc) is 3.24. The molecule has 35 heavy (non-hydrogen) atoms. The molecule has 0 amide bonds. The summed E-state index contributed by atoms with van der Waals surface area (Å²) in [5.41, 5.74) is 1.65. The van der Waals surface area contributed by atoms with E-state index in [4.69, 9.17) is 27.8 Å². The summed E-state index contributed by atoms with van der Waals surface area (Å²) in [5.74, 6) is -0.850. The summed E-state index contributed by atoms with van der Waals surface area (Å²) in [7, 11) is -8.44. The Kier molecular flexibility index (Phi) is 8.04. The second-order valence-electron chi connectivity index (χ2n) is 7.81. The van der Waals surface area contributed by atoms with E-state index >= 15 is 0 Å². The molecule has 8 nitrogen and oxygen atoms in total. The van der Waals surface area contributed by atoms with Crippen molar-refractivity contribution in [2.75, 3.05) is 23.0 Å². The highest BCUT2D eigenvalue weighted by atomic mass is 35.5. The number of benzene rings is 2. The van der Waals surface area contributed by atoms with Crippen LogP contribution in [0.4, 0.5) is 5.69 Å². The number of thioether (sulfide) groups is 1. The van der Waals surface area contributed by atoms with Gasteiger partial charge in [0.2, 0.25) is 5.52 Å². The molecule has 3 aromatic rings. The van der Waals surface area contributed by atoms with Gasteiger partial charge in [0.1, 0.15) is 4.70 Å². The normalized spacial score (nSPS) is 15.3. The van der Waals surface area contributed by atoms with Gasteiger partial charge in [-0.05, 0) is 36.8 Å². The first kappa shape index (κ1) is 26.7. The third-order valence-corrected chi connectivity index (χ3v) is 9.48. The molecule has 0 radical (unpaired) electrons. The SMILES string of the molecule is O=S(=O)([O-])CCC[n+]1c(/C=C2\Sc3ccc(Cl)cc3N2CCCS(=O)(=O)O)sc2ccc(Cl)cc21. The Balaban J connectivity index is 1.73. The molecule has 0 saturated heterocycles. The Morgan fingerprint density at radius 2 is 1.74 bits per heavy atom. The van der Waals surface area contributed by atoms with E-state index in [9.17, 15) is 21.4 Å². The minimum Gasteiger partial charge on any atom is -0.748 e. The Morgan fingerprint density at radius 1 is 1.03 bits per heavy atom. The highest BCUT2D eigenvalue weighted by molar-refractivity contribution is 8.04. The lowest BCUT2D eigenvalue weighted by molar-refractivity contribution is -0.668. The van der Waals surface area contributed by atoms with Crippen molar-refractivity contribution in [2.45, 2.75) is 24.3 Å². The zero-order chi connectivity index (χ0) is 25.4. The van der Waals surface area contributed by atoms with Crippen molar-refractivity contribution in [3.05, 3.63) is 56.5 Å². The summed E-state index contributed by atoms with van der Waals surface area (Å²) >= 11 is 15.4. The van der Waals surface area contributed by atoms with Gasteiger partial charge >= 0.3 is 0 Å². The van der Waals surface area contributed by atoms with Crippen LogP contribution in [0.25, 0.3) is 16.3 Å². The van der Waals surface area contributed by atoms with Crippen LogP contribution in [-0.2, 0) is 26.8 Å². The molecule has 188 valence electrons. The van der Waals surface area contributed by atoms with Crippen molar-refractivity contribution in [2.24, 2.45) is 0 Å². The number of fused-ring (bicyclic) bond motifs is 2. The van der Waals surface area contributed by atoms with Gasteiger partial charge in [-0.15, -0.1) is 0 Å². The summed E-state index contributed by atoms with van der Waals surface area (Å²) < 4.78 is 67.9. The fourth-order valence-corrected chi connectivity index (χ4v) is 7.33. The summed E-state index contributed by atoms with van der Waals surface area (Å²) in [6, 6.07) is 10.9. The van der Waals surface area contributed by atoms with Gasteiger partial charge in [0.25, 0.3) is 15.1 Å². The first-order valence-electron chi connectivity index (χ1n) is 10.4. The van der Waals surface area contributed by atoms with Crippen molar-refractivity contribution in [1.82, 2.24) is 0 Å². The number of halogens is 2. The molecule has 1 N–H and O–H groups in total. The molecule has 0 spiro atoms. The predicted octanol–water partition coefficient (Wildman–Crippen LogP) is 4.62. The van der Waals surface area contributed by atoms with Crippen molar-refractivity contribution < 1.29 is 30.5 Å². The van der Waals surface area contributed by atoms with Gasteiger partial charge in [-0.25, -0.2) is 8.42 Å². The van der Waals surface area contributed by atoms with E-state index in [1.807, 2.05) is 27.7 Å². The number of rotatable bonds is 9. The second kappa shape index (κ2) is 10.5. The molecule has 2 heterocycles. The number of nitrogens with zero attached hydrogens (tertiary/aromatic N) is 2. The second-order valence-corrected chi connectivity index (χ2v) is 13.9. The zero-order valence-corrected chi connectivity index (χ0v) is 22.8. The molecule has 14 heteroatoms. The molecule has 0 unspecified atom stereocenters. The van der Waals surface area contributed by atoms with Crippen LogP contribution in [0.5, 0.6) is 0 Å². The van der Waals surface area contributed by atoms with Crippen molar-refractivity contribution in [1.29, 1.82) is 0 Å². The lowest BCUT2D eigenvalue weighted by Gasteiger charge is -2.20. The topological polar surface area (TPSA) is 119 Å². The molecular weight excluding hydrogens is 575 g/mol. The van der Waals surface area contributed by atoms with Crippen molar-refractivity contribution in [3.63, 3.8) is 0 Å². The first-order chi connectivity index (χ1) is 16.4. The van der Waals surface area contributed by atoms with Gasteiger partial charge in [-0.1, -0.05) is 46.3 Å². The summed E-state index contributed by atoms with van der Waals surface area (Å²) in [6.45, 7) is 0.629. The number of hydrogen-bond acceptors (Lipinski definition) is 8. The third-order valence-electron chi connectivity index (χ3n) is 5.19. The van der Waals surface area contributed by atoms with E-state index in [0.717, 1.165) is 30.8 Å². The molecular formula is C21H20Cl2N2O6S4. The van der Waals surface area contributed by atoms with Crippen LogP contribution in [0.2, 0.25) is 10.0 Å². The Labute approximate surface area is 221 Å². The van der Waals surface area contributed by atoms with Crippen molar-refractivity contribution in [3.8, 4) is 0 Å². The maximum atomic E-state index is 11.2. The number of aromatic nitrogens is 1. The van der Waals surface area contributed by atoms with Crippen LogP contribution < -0.4 is 9.47 Å². The van der Waals surface area contributed by atoms with E-state index in [1.54, 1.807) is 24.3 Å². The van der Waals surface area contributed by atoms with E-state index in [1.165, 1.54) is 23.1 Å². The zero-order valence-electron chi connectivity index (χ0n) is 18.1. The minimum absolute atomic E-state index is 0.145. The quantitative estimate of drug-likeness (QED) is 0.281. The smallest absolute Gasteiger partial charge is 0.265 e. The van der Waals surface area contributed by atoms with Crippen LogP contribution in [0, 0.1) is 0 Å². The molecule has 2 aromatic carbocycles. The highest BCUT2D eigenvalue weighted by Gasteiger charge is 2.28. The lowest BCUT2D eigenvalue weighted by atomic mass is 10.2. The number of anilines is 1. The van der Waals surface area contributed by atoms with Crippen LogP contribution in [-0.4, -0.2) is 44.0 Å². The average molecular weight is 596 g/mol. The highest BCUT2D eigenvalue weighted by Crippen LogP contribution is 2.48. The van der Waals surface area contributed by atoms with Gasteiger partial charge in [0.15, 0.2) is 6.54 Å². The molecule has 0 bridgehead atoms. The minimum atomic E-state index is -4.34. The molecule has 0 atom stereocenters. The van der Waals surface area contributed by atoms with Gasteiger partial charge in [0.05, 0.1) is 32.7 Å². The third kappa shape index (κ3) is 6.89. The van der Waals surface area contributed by atoms with Crippen LogP contribution in [0.1, 0.15) is 17.8 Å². The van der Waals surface area contributed by atoms with Crippen molar-refractivity contribution >= 4 is 88.5 Å². The van der Waals surface area contributed by atoms with Gasteiger partial charge in [-0.2, -0.15) is 13.0 Å². The van der Waals surface area contributed by atoms with Gasteiger partial charge in [-0.3, -0.25) is 4.55 Å². The summed E-state index contributed by atoms with van der Waals surface area (Å²) in [4.78, 5) is 2.89. The van der Waals surface area contributed by atoms with E-state index in [-0.39, 0.29) is 18.6 Å². The number of thiazole rings is 1. The maximum absolute atomic E-state index is 11.2. The number of aryl methyl sites for hydroxylation is 1. The molecule has 4 rings (SSSR count). The molecule has 1 aliphatic rings. The number of hydrogen-bond donors (Lipinski definition) is 1. The van der Waals surface area contributed by atoms with E-state index < -0.39 is 26.0 Å². The summed E-state index contributed by atoms with van der Waals surface area (Å²) in [6.07, 6.45) is 2.29. The van der Waals surface area contributed by atoms with Gasteiger partial charge < -0.3 is 9.45 Å². The Morgan fingerprint density at radius 3 is 2.46 bits per heavy atom. The fraction of sp³-hybridized carbons (Fsp3) is 0.286. The van der Waals surface area contributed by atoms with Crippen LogP contribution in [0.3, 0.4) is 0 Å². The van der Waals surface area contributed by atoms with E-state index in [2.05, 4.69) is 0 Å². The molecule has 0 aliphatic carbocycles. The fourth-order valence-electron chi connectivity index (χ4n) is 3.73. The van der Waals surface area contributed by atoms with E-state index in [0.29, 0.717) is 23.1 Å². The van der Waals surface area contributed by atoms with Crippen LogP contribution in [0.15, 0.2) is 46.3 Å². The lowest BCUT2D eigenvalue weighted by Crippen LogP contribution is -2.36. The Hall–Kier alpha value is -1.38. The molecule has 1 aromatic heterocycles. The molecule has 0 saturated carbocycles. The standard InChI is InChI=1S/C21H20Cl2N2O6S4/c22-14-3-5-18-16(11-14)24(7-1-9-34(26,27)28)20(32-18)13-21-25(8-2-10-35(29,30)31)17-12-15(23)4-6-19(17)33-21/h3-6,11-13H,1-2,7-10H2,(H-,26,27,28,29,30,31). The largest absolute Gasteiger partial charge is 0.748 e. The summed E-state index contributed by atoms with van der Waals surface area (Å²) in [5, 5.41) is 2.70. The first-order valence-corrected chi connectivity index (χ1v) is 15.9. The predicted molar refractivity (Wildman–Crippen MR) is 140 cm³/mol.